The van der Waals surface area contributed by atoms with Gasteiger partial charge in [-0.3, -0.25) is 4.79 Å². The molecule has 0 radical (unpaired) electrons. The van der Waals surface area contributed by atoms with Crippen LogP contribution < -0.4 is 10.5 Å². The molecule has 1 fully saturated rings. The third-order valence-corrected chi connectivity index (χ3v) is 5.16. The number of hydrogen-bond acceptors (Lipinski definition) is 5. The lowest BCUT2D eigenvalue weighted by Gasteiger charge is -2.40. The van der Waals surface area contributed by atoms with Gasteiger partial charge in [0.05, 0.1) is 17.4 Å². The van der Waals surface area contributed by atoms with E-state index in [1.54, 1.807) is 20.5 Å². The molecule has 2 amide bonds. The molecule has 8 nitrogen and oxygen atoms in total. The van der Waals surface area contributed by atoms with Gasteiger partial charge in [-0.1, -0.05) is 32.0 Å². The Labute approximate surface area is 171 Å². The van der Waals surface area contributed by atoms with Crippen LogP contribution in [0.2, 0.25) is 0 Å². The first-order chi connectivity index (χ1) is 13.8. The average molecular weight is 399 g/mol. The number of rotatable bonds is 4. The second-order valence-electron chi connectivity index (χ2n) is 7.84. The van der Waals surface area contributed by atoms with E-state index in [0.717, 1.165) is 11.4 Å². The molecule has 0 aliphatic carbocycles. The molecular formula is C21H29N5O3. The number of carbonyl (C=O) groups is 2. The normalized spacial score (nSPS) is 18.1. The minimum absolute atomic E-state index is 0.0687. The number of benzene rings is 1. The number of nitrogens with zero attached hydrogens (tertiary/aromatic N) is 4. The average Bonchev–Trinajstić information content (AvgIpc) is 3.07. The van der Waals surface area contributed by atoms with Crippen molar-refractivity contribution in [3.63, 3.8) is 0 Å². The number of para-hydroxylation sites is 1. The summed E-state index contributed by atoms with van der Waals surface area (Å²) in [4.78, 5) is 28.7. The maximum absolute atomic E-state index is 12.8. The zero-order valence-electron chi connectivity index (χ0n) is 17.4. The Balaban J connectivity index is 1.67. The molecule has 29 heavy (non-hydrogen) atoms. The quantitative estimate of drug-likeness (QED) is 0.851. The molecule has 156 valence electrons. The summed E-state index contributed by atoms with van der Waals surface area (Å²) in [6, 6.07) is 10.6. The lowest BCUT2D eigenvalue weighted by Crippen LogP contribution is -2.59. The van der Waals surface area contributed by atoms with Gasteiger partial charge in [0, 0.05) is 31.7 Å². The number of piperazine rings is 1. The first-order valence-electron chi connectivity index (χ1n) is 9.93. The molecule has 1 aliphatic heterocycles. The van der Waals surface area contributed by atoms with Crippen LogP contribution in [-0.4, -0.2) is 63.3 Å². The van der Waals surface area contributed by atoms with E-state index in [1.807, 2.05) is 58.0 Å². The Bertz CT molecular complexity index is 864. The fourth-order valence-corrected chi connectivity index (χ4v) is 3.38. The fraction of sp³-hybridized carbons (Fsp3) is 0.476. The van der Waals surface area contributed by atoms with Crippen molar-refractivity contribution in [2.24, 2.45) is 11.7 Å². The number of amides is 2. The molecule has 2 unspecified atom stereocenters. The van der Waals surface area contributed by atoms with E-state index in [2.05, 4.69) is 5.10 Å². The van der Waals surface area contributed by atoms with Crippen molar-refractivity contribution in [2.75, 3.05) is 19.6 Å². The topological polar surface area (TPSA) is 93.7 Å². The first kappa shape index (κ1) is 20.9. The van der Waals surface area contributed by atoms with Gasteiger partial charge in [-0.25, -0.2) is 9.48 Å². The van der Waals surface area contributed by atoms with Crippen LogP contribution in [0.15, 0.2) is 36.4 Å². The molecule has 1 saturated heterocycles. The molecule has 1 aromatic carbocycles. The van der Waals surface area contributed by atoms with Gasteiger partial charge >= 0.3 is 6.09 Å². The molecule has 0 saturated carbocycles. The van der Waals surface area contributed by atoms with Crippen LogP contribution in [0.25, 0.3) is 5.69 Å². The van der Waals surface area contributed by atoms with Crippen LogP contribution in [0, 0.1) is 12.8 Å². The number of aromatic nitrogens is 2. The number of carbonyl (C=O) groups excluding carboxylic acids is 2. The van der Waals surface area contributed by atoms with Crippen LogP contribution >= 0.6 is 0 Å². The first-order valence-corrected chi connectivity index (χ1v) is 9.93. The monoisotopic (exact) mass is 399 g/mol. The summed E-state index contributed by atoms with van der Waals surface area (Å²) < 4.78 is 7.26. The van der Waals surface area contributed by atoms with Gasteiger partial charge in [0.25, 0.3) is 0 Å². The van der Waals surface area contributed by atoms with Gasteiger partial charge in [-0.15, -0.1) is 0 Å². The van der Waals surface area contributed by atoms with E-state index in [1.165, 1.54) is 0 Å². The minimum atomic E-state index is -0.529. The van der Waals surface area contributed by atoms with E-state index in [9.17, 15) is 9.59 Å². The zero-order valence-corrected chi connectivity index (χ0v) is 17.4. The third kappa shape index (κ3) is 4.59. The van der Waals surface area contributed by atoms with Gasteiger partial charge in [0.15, 0.2) is 0 Å². The smallest absolute Gasteiger partial charge is 0.391 e. The summed E-state index contributed by atoms with van der Waals surface area (Å²) in [6.45, 7) is 8.86. The zero-order chi connectivity index (χ0) is 21.1. The van der Waals surface area contributed by atoms with Crippen molar-refractivity contribution in [3.8, 4) is 11.6 Å². The third-order valence-electron chi connectivity index (χ3n) is 5.16. The second-order valence-corrected chi connectivity index (χ2v) is 7.84. The van der Waals surface area contributed by atoms with Crippen LogP contribution in [0.4, 0.5) is 4.79 Å². The maximum atomic E-state index is 12.8. The molecular weight excluding hydrogens is 370 g/mol. The van der Waals surface area contributed by atoms with E-state index >= 15 is 0 Å². The summed E-state index contributed by atoms with van der Waals surface area (Å²) in [5.41, 5.74) is 7.59. The summed E-state index contributed by atoms with van der Waals surface area (Å²) in [5.74, 6) is 0.365. The highest BCUT2D eigenvalue weighted by Crippen LogP contribution is 2.21. The maximum Gasteiger partial charge on any atom is 0.416 e. The summed E-state index contributed by atoms with van der Waals surface area (Å²) in [6.07, 6.45) is -0.450. The molecule has 2 atom stereocenters. The standard InChI is InChI=1S/C21H29N5O3/c1-14(2)19(22)20(27)25-11-10-24(13-16(25)4)21(28)29-18-12-15(3)23-26(18)17-8-6-5-7-9-17/h5-9,12,14,16,19H,10-11,13,22H2,1-4H3. The summed E-state index contributed by atoms with van der Waals surface area (Å²) in [7, 11) is 0. The van der Waals surface area contributed by atoms with E-state index in [0.29, 0.717) is 25.5 Å². The van der Waals surface area contributed by atoms with Gasteiger partial charge in [0.1, 0.15) is 0 Å². The Kier molecular flexibility index (Phi) is 6.22. The summed E-state index contributed by atoms with van der Waals surface area (Å²) in [5, 5.41) is 4.42. The molecule has 2 aromatic rings. The molecule has 0 spiro atoms. The van der Waals surface area contributed by atoms with E-state index in [-0.39, 0.29) is 17.9 Å². The predicted molar refractivity (Wildman–Crippen MR) is 110 cm³/mol. The van der Waals surface area contributed by atoms with E-state index < -0.39 is 12.1 Å². The SMILES string of the molecule is Cc1cc(OC(=O)N2CCN(C(=O)C(N)C(C)C)C(C)C2)n(-c2ccccc2)n1. The van der Waals surface area contributed by atoms with Crippen molar-refractivity contribution in [1.82, 2.24) is 19.6 Å². The molecule has 1 aliphatic rings. The van der Waals surface area contributed by atoms with Crippen molar-refractivity contribution < 1.29 is 14.3 Å². The van der Waals surface area contributed by atoms with Gasteiger partial charge < -0.3 is 20.3 Å². The molecule has 2 N–H and O–H groups in total. The van der Waals surface area contributed by atoms with Gasteiger partial charge in [-0.2, -0.15) is 5.10 Å². The van der Waals surface area contributed by atoms with Crippen molar-refractivity contribution in [2.45, 2.75) is 39.8 Å². The van der Waals surface area contributed by atoms with Crippen LogP contribution in [-0.2, 0) is 4.79 Å². The van der Waals surface area contributed by atoms with Crippen molar-refractivity contribution in [3.05, 3.63) is 42.1 Å². The second kappa shape index (κ2) is 8.65. The van der Waals surface area contributed by atoms with Crippen molar-refractivity contribution >= 4 is 12.0 Å². The fourth-order valence-electron chi connectivity index (χ4n) is 3.38. The van der Waals surface area contributed by atoms with Gasteiger partial charge in [0.2, 0.25) is 11.8 Å². The highest BCUT2D eigenvalue weighted by atomic mass is 16.6. The molecule has 3 rings (SSSR count). The molecule has 0 bridgehead atoms. The minimum Gasteiger partial charge on any atom is -0.391 e. The lowest BCUT2D eigenvalue weighted by atomic mass is 10.0. The highest BCUT2D eigenvalue weighted by molar-refractivity contribution is 5.82. The Morgan fingerprint density at radius 1 is 1.21 bits per heavy atom. The number of ether oxygens (including phenoxy) is 1. The highest BCUT2D eigenvalue weighted by Gasteiger charge is 2.34. The summed E-state index contributed by atoms with van der Waals surface area (Å²) >= 11 is 0. The van der Waals surface area contributed by atoms with Gasteiger partial charge in [-0.05, 0) is 31.9 Å². The van der Waals surface area contributed by atoms with Crippen LogP contribution in [0.3, 0.4) is 0 Å². The Morgan fingerprint density at radius 3 is 2.52 bits per heavy atom. The molecule has 8 heteroatoms. The number of aryl methyl sites for hydroxylation is 1. The predicted octanol–water partition coefficient (Wildman–Crippen LogP) is 2.20. The molecule has 2 heterocycles. The Morgan fingerprint density at radius 2 is 1.90 bits per heavy atom. The number of nitrogens with two attached hydrogens (primary N) is 1. The Hall–Kier alpha value is -2.87. The lowest BCUT2D eigenvalue weighted by molar-refractivity contribution is -0.137. The van der Waals surface area contributed by atoms with E-state index in [4.69, 9.17) is 10.5 Å². The molecule has 1 aromatic heterocycles. The number of hydrogen-bond donors (Lipinski definition) is 1. The van der Waals surface area contributed by atoms with Crippen LogP contribution in [0.1, 0.15) is 26.5 Å². The van der Waals surface area contributed by atoms with Crippen LogP contribution in [0.5, 0.6) is 5.88 Å². The van der Waals surface area contributed by atoms with Crippen molar-refractivity contribution in [1.29, 1.82) is 0 Å². The largest absolute Gasteiger partial charge is 0.416 e.